The largest absolute Gasteiger partial charge is 0.316 e. The van der Waals surface area contributed by atoms with E-state index < -0.39 is 0 Å². The highest BCUT2D eigenvalue weighted by molar-refractivity contribution is 7.99. The molecule has 0 radical (unpaired) electrons. The van der Waals surface area contributed by atoms with Crippen molar-refractivity contribution in [3.05, 3.63) is 23.4 Å². The van der Waals surface area contributed by atoms with Crippen LogP contribution in [-0.4, -0.2) is 23.8 Å². The van der Waals surface area contributed by atoms with Gasteiger partial charge in [-0.2, -0.15) is 0 Å². The van der Waals surface area contributed by atoms with Crippen LogP contribution in [0.4, 0.5) is 0 Å². The third-order valence-corrected chi connectivity index (χ3v) is 2.82. The van der Waals surface area contributed by atoms with E-state index in [1.54, 1.807) is 18.0 Å². The van der Waals surface area contributed by atoms with Crippen molar-refractivity contribution in [1.82, 2.24) is 10.3 Å². The molecule has 1 heterocycles. The average molecular weight is 231 g/mol. The summed E-state index contributed by atoms with van der Waals surface area (Å²) in [5, 5.41) is 5.07. The van der Waals surface area contributed by atoms with Crippen LogP contribution in [0.1, 0.15) is 13.3 Å². The minimum Gasteiger partial charge on any atom is -0.316 e. The molecule has 0 amide bonds. The monoisotopic (exact) mass is 230 g/mol. The van der Waals surface area contributed by atoms with Gasteiger partial charge in [0.15, 0.2) is 0 Å². The maximum Gasteiger partial charge on any atom is 0.0961 e. The van der Waals surface area contributed by atoms with Crippen LogP contribution < -0.4 is 5.32 Å². The highest BCUT2D eigenvalue weighted by Crippen LogP contribution is 2.16. The molecular formula is C10H15ClN2S. The molecule has 14 heavy (non-hydrogen) atoms. The predicted molar refractivity (Wildman–Crippen MR) is 63.1 cm³/mol. The Morgan fingerprint density at radius 2 is 2.29 bits per heavy atom. The van der Waals surface area contributed by atoms with E-state index in [0.29, 0.717) is 5.02 Å². The standard InChI is InChI=1S/C10H15ClN2S/c1-2-5-12-6-7-14-10-4-3-9(11)8-13-10/h3-4,8,12H,2,5-7H2,1H3. The zero-order valence-electron chi connectivity index (χ0n) is 8.29. The first-order chi connectivity index (χ1) is 6.83. The lowest BCUT2D eigenvalue weighted by Crippen LogP contribution is -2.17. The van der Waals surface area contributed by atoms with E-state index in [1.165, 1.54) is 6.42 Å². The molecule has 0 saturated heterocycles. The van der Waals surface area contributed by atoms with Gasteiger partial charge in [-0.1, -0.05) is 18.5 Å². The molecule has 0 aliphatic rings. The normalized spacial score (nSPS) is 10.4. The predicted octanol–water partition coefficient (Wildman–Crippen LogP) is 2.83. The van der Waals surface area contributed by atoms with E-state index in [4.69, 9.17) is 11.6 Å². The average Bonchev–Trinajstić information content (AvgIpc) is 2.21. The Morgan fingerprint density at radius 3 is 2.93 bits per heavy atom. The lowest BCUT2D eigenvalue weighted by atomic mass is 10.5. The summed E-state index contributed by atoms with van der Waals surface area (Å²) in [6.07, 6.45) is 2.87. The molecule has 1 aromatic rings. The molecule has 0 atom stereocenters. The molecule has 0 fully saturated rings. The number of aromatic nitrogens is 1. The Hall–Kier alpha value is -0.250. The molecule has 0 spiro atoms. The molecule has 1 rings (SSSR count). The highest BCUT2D eigenvalue weighted by atomic mass is 35.5. The van der Waals surface area contributed by atoms with Gasteiger partial charge in [0, 0.05) is 18.5 Å². The minimum absolute atomic E-state index is 0.693. The van der Waals surface area contributed by atoms with Crippen molar-refractivity contribution in [3.63, 3.8) is 0 Å². The second kappa shape index (κ2) is 7.10. The van der Waals surface area contributed by atoms with E-state index in [1.807, 2.05) is 12.1 Å². The Bertz CT molecular complexity index is 251. The lowest BCUT2D eigenvalue weighted by Gasteiger charge is -2.02. The maximum absolute atomic E-state index is 5.73. The van der Waals surface area contributed by atoms with E-state index >= 15 is 0 Å². The molecule has 4 heteroatoms. The summed E-state index contributed by atoms with van der Waals surface area (Å²) in [6.45, 7) is 4.29. The molecule has 78 valence electrons. The number of hydrogen-bond acceptors (Lipinski definition) is 3. The first-order valence-corrected chi connectivity index (χ1v) is 6.14. The molecule has 0 aliphatic heterocycles. The first-order valence-electron chi connectivity index (χ1n) is 4.78. The summed E-state index contributed by atoms with van der Waals surface area (Å²) in [6, 6.07) is 3.82. The van der Waals surface area contributed by atoms with Gasteiger partial charge in [0.2, 0.25) is 0 Å². The van der Waals surface area contributed by atoms with E-state index in [-0.39, 0.29) is 0 Å². The van der Waals surface area contributed by atoms with Crippen molar-refractivity contribution in [3.8, 4) is 0 Å². The molecule has 1 N–H and O–H groups in total. The Balaban J connectivity index is 2.15. The van der Waals surface area contributed by atoms with E-state index in [2.05, 4.69) is 17.2 Å². The van der Waals surface area contributed by atoms with Crippen LogP contribution in [0.2, 0.25) is 5.02 Å². The van der Waals surface area contributed by atoms with Crippen molar-refractivity contribution in [1.29, 1.82) is 0 Å². The Labute approximate surface area is 94.5 Å². The molecule has 0 aliphatic carbocycles. The Morgan fingerprint density at radius 1 is 1.43 bits per heavy atom. The van der Waals surface area contributed by atoms with Gasteiger partial charge < -0.3 is 5.32 Å². The van der Waals surface area contributed by atoms with Gasteiger partial charge >= 0.3 is 0 Å². The van der Waals surface area contributed by atoms with Gasteiger partial charge in [-0.05, 0) is 25.1 Å². The highest BCUT2D eigenvalue weighted by Gasteiger charge is 1.94. The van der Waals surface area contributed by atoms with Gasteiger partial charge in [-0.15, -0.1) is 11.8 Å². The molecule has 1 aromatic heterocycles. The number of pyridine rings is 1. The van der Waals surface area contributed by atoms with Crippen LogP contribution >= 0.6 is 23.4 Å². The molecule has 2 nitrogen and oxygen atoms in total. The number of thioether (sulfide) groups is 1. The van der Waals surface area contributed by atoms with Crippen molar-refractivity contribution in [2.45, 2.75) is 18.4 Å². The second-order valence-corrected chi connectivity index (χ2v) is 4.46. The van der Waals surface area contributed by atoms with Crippen molar-refractivity contribution < 1.29 is 0 Å². The third kappa shape index (κ3) is 4.84. The first kappa shape index (κ1) is 11.8. The number of hydrogen-bond donors (Lipinski definition) is 1. The summed E-state index contributed by atoms with van der Waals surface area (Å²) >= 11 is 7.48. The molecule has 0 aromatic carbocycles. The fraction of sp³-hybridized carbons (Fsp3) is 0.500. The number of nitrogens with one attached hydrogen (secondary N) is 1. The zero-order valence-corrected chi connectivity index (χ0v) is 9.87. The third-order valence-electron chi connectivity index (χ3n) is 1.66. The number of nitrogens with zero attached hydrogens (tertiary/aromatic N) is 1. The van der Waals surface area contributed by atoms with Crippen LogP contribution in [-0.2, 0) is 0 Å². The van der Waals surface area contributed by atoms with Crippen molar-refractivity contribution >= 4 is 23.4 Å². The van der Waals surface area contributed by atoms with Gasteiger partial charge in [-0.3, -0.25) is 0 Å². The molecule has 0 unspecified atom stereocenters. The van der Waals surface area contributed by atoms with Gasteiger partial charge in [-0.25, -0.2) is 4.98 Å². The lowest BCUT2D eigenvalue weighted by molar-refractivity contribution is 0.707. The molecular weight excluding hydrogens is 216 g/mol. The smallest absolute Gasteiger partial charge is 0.0961 e. The van der Waals surface area contributed by atoms with Gasteiger partial charge in [0.25, 0.3) is 0 Å². The molecule has 0 saturated carbocycles. The maximum atomic E-state index is 5.73. The van der Waals surface area contributed by atoms with Crippen LogP contribution in [0.15, 0.2) is 23.4 Å². The van der Waals surface area contributed by atoms with Crippen LogP contribution in [0.25, 0.3) is 0 Å². The fourth-order valence-electron chi connectivity index (χ4n) is 0.977. The van der Waals surface area contributed by atoms with Crippen LogP contribution in [0.3, 0.4) is 0 Å². The van der Waals surface area contributed by atoms with Crippen LogP contribution in [0.5, 0.6) is 0 Å². The summed E-state index contributed by atoms with van der Waals surface area (Å²) in [5.41, 5.74) is 0. The topological polar surface area (TPSA) is 24.9 Å². The van der Waals surface area contributed by atoms with Crippen molar-refractivity contribution in [2.75, 3.05) is 18.8 Å². The summed E-state index contributed by atoms with van der Waals surface area (Å²) < 4.78 is 0. The van der Waals surface area contributed by atoms with Gasteiger partial charge in [0.05, 0.1) is 10.0 Å². The summed E-state index contributed by atoms with van der Waals surface area (Å²) in [4.78, 5) is 4.20. The van der Waals surface area contributed by atoms with Crippen molar-refractivity contribution in [2.24, 2.45) is 0 Å². The second-order valence-electron chi connectivity index (χ2n) is 2.91. The number of rotatable bonds is 6. The fourth-order valence-corrected chi connectivity index (χ4v) is 1.84. The Kier molecular flexibility index (Phi) is 5.99. The SMILES string of the molecule is CCCNCCSc1ccc(Cl)cn1. The minimum atomic E-state index is 0.693. The summed E-state index contributed by atoms with van der Waals surface area (Å²) in [5.74, 6) is 1.05. The van der Waals surface area contributed by atoms with Gasteiger partial charge in [0.1, 0.15) is 0 Å². The zero-order chi connectivity index (χ0) is 10.2. The van der Waals surface area contributed by atoms with E-state index in [9.17, 15) is 0 Å². The number of halogens is 1. The van der Waals surface area contributed by atoms with E-state index in [0.717, 1.165) is 23.9 Å². The summed E-state index contributed by atoms with van der Waals surface area (Å²) in [7, 11) is 0. The van der Waals surface area contributed by atoms with Crippen LogP contribution in [0, 0.1) is 0 Å². The molecule has 0 bridgehead atoms. The quantitative estimate of drug-likeness (QED) is 0.601.